The second kappa shape index (κ2) is 4.00. The molecule has 1 aromatic rings. The monoisotopic (exact) mass is 215 g/mol. The Bertz CT molecular complexity index is 387. The minimum atomic E-state index is 0.283. The molecule has 3 rings (SSSR count). The van der Waals surface area contributed by atoms with Crippen LogP contribution in [0.1, 0.15) is 42.5 Å². The van der Waals surface area contributed by atoms with Gasteiger partial charge in [0, 0.05) is 24.4 Å². The summed E-state index contributed by atoms with van der Waals surface area (Å²) in [7, 11) is 0. The Labute approximate surface area is 96.1 Å². The fourth-order valence-corrected chi connectivity index (χ4v) is 3.51. The van der Waals surface area contributed by atoms with Crippen LogP contribution in [0, 0.1) is 17.8 Å². The molecule has 2 aliphatic carbocycles. The first-order chi connectivity index (χ1) is 7.83. The summed E-state index contributed by atoms with van der Waals surface area (Å²) in [5.74, 6) is 2.71. The minimum absolute atomic E-state index is 0.283. The van der Waals surface area contributed by atoms with Crippen LogP contribution in [0.2, 0.25) is 0 Å². The van der Waals surface area contributed by atoms with Crippen molar-refractivity contribution in [3.8, 4) is 0 Å². The molecule has 0 saturated heterocycles. The van der Waals surface area contributed by atoms with E-state index in [1.807, 2.05) is 12.1 Å². The molecule has 0 N–H and O–H groups in total. The lowest BCUT2D eigenvalue weighted by Gasteiger charge is -2.20. The zero-order chi connectivity index (χ0) is 11.0. The normalized spacial score (nSPS) is 31.9. The molecule has 0 aliphatic heterocycles. The molecule has 0 aromatic carbocycles. The highest BCUT2D eigenvalue weighted by molar-refractivity contribution is 5.95. The van der Waals surface area contributed by atoms with Crippen molar-refractivity contribution in [3.63, 3.8) is 0 Å². The van der Waals surface area contributed by atoms with Crippen molar-refractivity contribution in [1.29, 1.82) is 0 Å². The molecule has 2 nitrogen and oxygen atoms in total. The van der Waals surface area contributed by atoms with Crippen LogP contribution in [0.15, 0.2) is 24.5 Å². The number of Topliss-reactive ketones (excluding diaryl/α,β-unsaturated/α-hetero) is 1. The summed E-state index contributed by atoms with van der Waals surface area (Å²) in [4.78, 5) is 16.0. The molecule has 16 heavy (non-hydrogen) atoms. The number of carbonyl (C=O) groups excluding carboxylic acids is 1. The Morgan fingerprint density at radius 3 is 2.94 bits per heavy atom. The standard InChI is InChI=1S/C14H17NO/c16-14(12-2-1-5-15-9-12)8-13-7-10-3-4-11(13)6-10/h1-2,5,9-11,13H,3-4,6-8H2. The van der Waals surface area contributed by atoms with E-state index in [9.17, 15) is 4.79 Å². The summed E-state index contributed by atoms with van der Waals surface area (Å²) in [6.45, 7) is 0. The lowest BCUT2D eigenvalue weighted by Crippen LogP contribution is -2.15. The smallest absolute Gasteiger partial charge is 0.164 e. The van der Waals surface area contributed by atoms with E-state index < -0.39 is 0 Å². The van der Waals surface area contributed by atoms with Gasteiger partial charge < -0.3 is 0 Å². The molecule has 3 atom stereocenters. The molecule has 1 aromatic heterocycles. The quantitative estimate of drug-likeness (QED) is 0.725. The maximum atomic E-state index is 12.0. The van der Waals surface area contributed by atoms with Crippen LogP contribution < -0.4 is 0 Å². The molecular weight excluding hydrogens is 198 g/mol. The highest BCUT2D eigenvalue weighted by atomic mass is 16.1. The third-order valence-electron chi connectivity index (χ3n) is 4.32. The summed E-state index contributed by atoms with van der Waals surface area (Å²) < 4.78 is 0. The van der Waals surface area contributed by atoms with E-state index in [1.54, 1.807) is 12.4 Å². The molecule has 2 fully saturated rings. The first-order valence-electron chi connectivity index (χ1n) is 6.26. The Hall–Kier alpha value is -1.18. The molecule has 84 valence electrons. The SMILES string of the molecule is O=C(CC1CC2CCC1C2)c1cccnc1. The molecular formula is C14H17NO. The maximum absolute atomic E-state index is 12.0. The number of hydrogen-bond donors (Lipinski definition) is 0. The van der Waals surface area contributed by atoms with Gasteiger partial charge in [-0.1, -0.05) is 6.42 Å². The largest absolute Gasteiger partial charge is 0.294 e. The topological polar surface area (TPSA) is 30.0 Å². The molecule has 0 radical (unpaired) electrons. The fourth-order valence-electron chi connectivity index (χ4n) is 3.51. The number of ketones is 1. The van der Waals surface area contributed by atoms with Crippen LogP contribution in [0.4, 0.5) is 0 Å². The summed E-state index contributed by atoms with van der Waals surface area (Å²) in [5.41, 5.74) is 0.783. The van der Waals surface area contributed by atoms with Gasteiger partial charge >= 0.3 is 0 Å². The van der Waals surface area contributed by atoms with Crippen molar-refractivity contribution < 1.29 is 4.79 Å². The van der Waals surface area contributed by atoms with E-state index in [0.717, 1.165) is 23.8 Å². The van der Waals surface area contributed by atoms with Crippen molar-refractivity contribution in [2.75, 3.05) is 0 Å². The van der Waals surface area contributed by atoms with Gasteiger partial charge in [-0.05, 0) is 49.1 Å². The molecule has 2 aliphatic rings. The van der Waals surface area contributed by atoms with Gasteiger partial charge in [0.05, 0.1) is 0 Å². The molecule has 3 unspecified atom stereocenters. The molecule has 0 amide bonds. The van der Waals surface area contributed by atoms with Crippen molar-refractivity contribution >= 4 is 5.78 Å². The van der Waals surface area contributed by atoms with Crippen LogP contribution in [-0.4, -0.2) is 10.8 Å². The van der Waals surface area contributed by atoms with Gasteiger partial charge in [0.2, 0.25) is 0 Å². The summed E-state index contributed by atoms with van der Waals surface area (Å²) in [6.07, 6.45) is 9.58. The van der Waals surface area contributed by atoms with Crippen LogP contribution in [0.5, 0.6) is 0 Å². The van der Waals surface area contributed by atoms with Gasteiger partial charge in [-0.15, -0.1) is 0 Å². The van der Waals surface area contributed by atoms with E-state index in [0.29, 0.717) is 5.92 Å². The van der Waals surface area contributed by atoms with E-state index in [-0.39, 0.29) is 5.78 Å². The van der Waals surface area contributed by atoms with E-state index in [2.05, 4.69) is 4.98 Å². The van der Waals surface area contributed by atoms with Crippen LogP contribution in [0.3, 0.4) is 0 Å². The number of hydrogen-bond acceptors (Lipinski definition) is 2. The van der Waals surface area contributed by atoms with Crippen molar-refractivity contribution in [2.24, 2.45) is 17.8 Å². The highest BCUT2D eigenvalue weighted by Gasteiger charge is 2.40. The lowest BCUT2D eigenvalue weighted by atomic mass is 9.84. The average molecular weight is 215 g/mol. The number of nitrogens with zero attached hydrogens (tertiary/aromatic N) is 1. The van der Waals surface area contributed by atoms with E-state index >= 15 is 0 Å². The van der Waals surface area contributed by atoms with Crippen LogP contribution >= 0.6 is 0 Å². The number of pyridine rings is 1. The lowest BCUT2D eigenvalue weighted by molar-refractivity contribution is 0.0944. The summed E-state index contributed by atoms with van der Waals surface area (Å²) >= 11 is 0. The van der Waals surface area contributed by atoms with Crippen LogP contribution in [-0.2, 0) is 0 Å². The van der Waals surface area contributed by atoms with E-state index in [1.165, 1.54) is 25.7 Å². The highest BCUT2D eigenvalue weighted by Crippen LogP contribution is 2.49. The van der Waals surface area contributed by atoms with Gasteiger partial charge in [0.1, 0.15) is 0 Å². The van der Waals surface area contributed by atoms with Crippen molar-refractivity contribution in [1.82, 2.24) is 4.98 Å². The Kier molecular flexibility index (Phi) is 2.50. The zero-order valence-electron chi connectivity index (χ0n) is 9.43. The van der Waals surface area contributed by atoms with Gasteiger partial charge in [0.25, 0.3) is 0 Å². The van der Waals surface area contributed by atoms with Crippen molar-refractivity contribution in [2.45, 2.75) is 32.1 Å². The number of aromatic nitrogens is 1. The number of fused-ring (bicyclic) bond motifs is 2. The van der Waals surface area contributed by atoms with Gasteiger partial charge in [0.15, 0.2) is 5.78 Å². The Morgan fingerprint density at radius 1 is 1.38 bits per heavy atom. The molecule has 0 spiro atoms. The van der Waals surface area contributed by atoms with Crippen LogP contribution in [0.25, 0.3) is 0 Å². The first kappa shape index (κ1) is 10.0. The minimum Gasteiger partial charge on any atom is -0.294 e. The summed E-state index contributed by atoms with van der Waals surface area (Å²) in [6, 6.07) is 3.72. The second-order valence-electron chi connectivity index (χ2n) is 5.30. The number of carbonyl (C=O) groups is 1. The number of rotatable bonds is 3. The zero-order valence-corrected chi connectivity index (χ0v) is 9.43. The summed E-state index contributed by atoms with van der Waals surface area (Å²) in [5, 5.41) is 0. The molecule has 2 bridgehead atoms. The third-order valence-corrected chi connectivity index (χ3v) is 4.32. The third kappa shape index (κ3) is 1.77. The van der Waals surface area contributed by atoms with Gasteiger partial charge in [-0.25, -0.2) is 0 Å². The molecule has 2 saturated carbocycles. The fraction of sp³-hybridized carbons (Fsp3) is 0.571. The molecule has 1 heterocycles. The second-order valence-corrected chi connectivity index (χ2v) is 5.30. The molecule has 2 heteroatoms. The average Bonchev–Trinajstić information content (AvgIpc) is 2.92. The predicted molar refractivity (Wildman–Crippen MR) is 62.1 cm³/mol. The Morgan fingerprint density at radius 2 is 2.31 bits per heavy atom. The van der Waals surface area contributed by atoms with E-state index in [4.69, 9.17) is 0 Å². The first-order valence-corrected chi connectivity index (χ1v) is 6.26. The Balaban J connectivity index is 1.65. The maximum Gasteiger partial charge on any atom is 0.164 e. The van der Waals surface area contributed by atoms with Gasteiger partial charge in [-0.2, -0.15) is 0 Å². The predicted octanol–water partition coefficient (Wildman–Crippen LogP) is 3.09. The van der Waals surface area contributed by atoms with Gasteiger partial charge in [-0.3, -0.25) is 9.78 Å². The van der Waals surface area contributed by atoms with Crippen molar-refractivity contribution in [3.05, 3.63) is 30.1 Å².